The van der Waals surface area contributed by atoms with E-state index in [4.69, 9.17) is 9.47 Å². The zero-order valence-electron chi connectivity index (χ0n) is 13.6. The highest BCUT2D eigenvalue weighted by atomic mass is 16.6. The van der Waals surface area contributed by atoms with Crippen molar-refractivity contribution in [2.45, 2.75) is 32.7 Å². The number of hydrogen-bond acceptors (Lipinski definition) is 7. The number of rotatable bonds is 5. The van der Waals surface area contributed by atoms with Crippen LogP contribution in [0.25, 0.3) is 0 Å². The molecular formula is C15H26N2O5. The zero-order chi connectivity index (χ0) is 16.6. The Labute approximate surface area is 131 Å². The molecule has 0 aromatic heterocycles. The molecule has 1 atom stereocenters. The summed E-state index contributed by atoms with van der Waals surface area (Å²) in [4.78, 5) is 35.1. The van der Waals surface area contributed by atoms with Crippen LogP contribution in [0.3, 0.4) is 0 Å². The Kier molecular flexibility index (Phi) is 7.47. The number of ether oxygens (including phenoxy) is 2. The Morgan fingerprint density at radius 2 is 1.77 bits per heavy atom. The molecule has 2 heterocycles. The van der Waals surface area contributed by atoms with Crippen LogP contribution in [-0.4, -0.2) is 69.1 Å². The summed E-state index contributed by atoms with van der Waals surface area (Å²) in [5.41, 5.74) is -1.08. The quantitative estimate of drug-likeness (QED) is 0.434. The van der Waals surface area contributed by atoms with Gasteiger partial charge in [-0.3, -0.25) is 9.59 Å². The third-order valence-corrected chi connectivity index (χ3v) is 3.67. The summed E-state index contributed by atoms with van der Waals surface area (Å²) in [6.45, 7) is 5.78. The van der Waals surface area contributed by atoms with Crippen LogP contribution in [0.5, 0.6) is 0 Å². The standard InChI is InChI=1S/C10H17NO4.C5H9NO/c1-4-14-8(12)10(6-11(3)7-10)9(13)15-5-2;7-4-5-2-1-3-6-5/h4-7H2,1-3H3;4-6H,1-3H2. The van der Waals surface area contributed by atoms with E-state index in [0.717, 1.165) is 25.7 Å². The second kappa shape index (κ2) is 8.85. The lowest BCUT2D eigenvalue weighted by Gasteiger charge is -2.43. The predicted molar refractivity (Wildman–Crippen MR) is 80.3 cm³/mol. The molecule has 2 saturated heterocycles. The highest BCUT2D eigenvalue weighted by Crippen LogP contribution is 2.32. The highest BCUT2D eigenvalue weighted by molar-refractivity contribution is 6.01. The van der Waals surface area contributed by atoms with Gasteiger partial charge in [-0.15, -0.1) is 0 Å². The fraction of sp³-hybridized carbons (Fsp3) is 0.800. The summed E-state index contributed by atoms with van der Waals surface area (Å²) < 4.78 is 9.80. The van der Waals surface area contributed by atoms with Gasteiger partial charge in [-0.25, -0.2) is 0 Å². The van der Waals surface area contributed by atoms with Crippen LogP contribution >= 0.6 is 0 Å². The number of carbonyl (C=O) groups excluding carboxylic acids is 3. The maximum atomic E-state index is 11.7. The maximum Gasteiger partial charge on any atom is 0.326 e. The van der Waals surface area contributed by atoms with E-state index in [1.807, 2.05) is 11.9 Å². The van der Waals surface area contributed by atoms with Crippen molar-refractivity contribution < 1.29 is 23.9 Å². The normalized spacial score (nSPS) is 22.8. The molecule has 2 aliphatic rings. The number of hydrogen-bond donors (Lipinski definition) is 1. The van der Waals surface area contributed by atoms with Gasteiger partial charge in [0.1, 0.15) is 6.29 Å². The molecule has 126 valence electrons. The Bertz CT molecular complexity index is 367. The van der Waals surface area contributed by atoms with E-state index < -0.39 is 17.4 Å². The lowest BCUT2D eigenvalue weighted by Crippen LogP contribution is -2.64. The summed E-state index contributed by atoms with van der Waals surface area (Å²) in [6, 6.07) is 0.167. The smallest absolute Gasteiger partial charge is 0.326 e. The molecule has 22 heavy (non-hydrogen) atoms. The van der Waals surface area contributed by atoms with Crippen molar-refractivity contribution in [1.29, 1.82) is 0 Å². The van der Waals surface area contributed by atoms with Crippen LogP contribution < -0.4 is 5.32 Å². The minimum atomic E-state index is -1.08. The van der Waals surface area contributed by atoms with Crippen LogP contribution in [0.1, 0.15) is 26.7 Å². The van der Waals surface area contributed by atoms with Crippen LogP contribution in [0.15, 0.2) is 0 Å². The van der Waals surface area contributed by atoms with Gasteiger partial charge < -0.3 is 24.5 Å². The Balaban J connectivity index is 0.000000287. The molecule has 0 aromatic rings. The molecule has 1 unspecified atom stereocenters. The average molecular weight is 314 g/mol. The van der Waals surface area contributed by atoms with Gasteiger partial charge in [0.15, 0.2) is 5.41 Å². The van der Waals surface area contributed by atoms with Gasteiger partial charge in [-0.2, -0.15) is 0 Å². The lowest BCUT2D eigenvalue weighted by atomic mass is 9.80. The van der Waals surface area contributed by atoms with E-state index >= 15 is 0 Å². The zero-order valence-corrected chi connectivity index (χ0v) is 13.6. The highest BCUT2D eigenvalue weighted by Gasteiger charge is 2.56. The van der Waals surface area contributed by atoms with Crippen molar-refractivity contribution in [3.63, 3.8) is 0 Å². The first kappa shape index (κ1) is 18.6. The van der Waals surface area contributed by atoms with Gasteiger partial charge in [0.2, 0.25) is 0 Å². The molecule has 1 N–H and O–H groups in total. The summed E-state index contributed by atoms with van der Waals surface area (Å²) in [5, 5.41) is 3.04. The molecule has 0 aromatic carbocycles. The van der Waals surface area contributed by atoms with Crippen molar-refractivity contribution in [2.24, 2.45) is 5.41 Å². The van der Waals surface area contributed by atoms with Gasteiger partial charge in [-0.1, -0.05) is 0 Å². The summed E-state index contributed by atoms with van der Waals surface area (Å²) >= 11 is 0. The van der Waals surface area contributed by atoms with E-state index in [1.165, 1.54) is 0 Å². The molecule has 0 radical (unpaired) electrons. The topological polar surface area (TPSA) is 84.9 Å². The summed E-state index contributed by atoms with van der Waals surface area (Å²) in [5.74, 6) is -0.942. The number of likely N-dealkylation sites (tertiary alicyclic amines) is 1. The van der Waals surface area contributed by atoms with Crippen molar-refractivity contribution in [3.8, 4) is 0 Å². The SMILES string of the molecule is CCOC(=O)C1(C(=O)OCC)CN(C)C1.O=CC1CCCN1. The molecule has 0 amide bonds. The number of nitrogens with one attached hydrogen (secondary N) is 1. The van der Waals surface area contributed by atoms with Gasteiger partial charge in [0.05, 0.1) is 19.3 Å². The number of nitrogens with zero attached hydrogens (tertiary/aromatic N) is 1. The second-order valence-corrected chi connectivity index (χ2v) is 5.53. The molecule has 2 fully saturated rings. The van der Waals surface area contributed by atoms with Crippen molar-refractivity contribution in [3.05, 3.63) is 0 Å². The number of aldehydes is 1. The van der Waals surface area contributed by atoms with Crippen LogP contribution in [0.2, 0.25) is 0 Å². The first-order chi connectivity index (χ1) is 10.5. The monoisotopic (exact) mass is 314 g/mol. The minimum Gasteiger partial charge on any atom is -0.465 e. The molecule has 0 spiro atoms. The average Bonchev–Trinajstić information content (AvgIpc) is 2.98. The summed E-state index contributed by atoms with van der Waals surface area (Å²) in [7, 11) is 1.84. The first-order valence-electron chi connectivity index (χ1n) is 7.71. The third kappa shape index (κ3) is 4.51. The van der Waals surface area contributed by atoms with Crippen molar-refractivity contribution in [1.82, 2.24) is 10.2 Å². The third-order valence-electron chi connectivity index (χ3n) is 3.67. The van der Waals surface area contributed by atoms with Gasteiger partial charge in [0, 0.05) is 13.1 Å². The van der Waals surface area contributed by atoms with Gasteiger partial charge in [-0.05, 0) is 40.3 Å². The minimum absolute atomic E-state index is 0.167. The number of esters is 2. The van der Waals surface area contributed by atoms with Crippen molar-refractivity contribution >= 4 is 18.2 Å². The Morgan fingerprint density at radius 3 is 2.05 bits per heavy atom. The van der Waals surface area contributed by atoms with E-state index in [-0.39, 0.29) is 19.3 Å². The second-order valence-electron chi connectivity index (χ2n) is 5.53. The molecule has 2 aliphatic heterocycles. The van der Waals surface area contributed by atoms with Crippen molar-refractivity contribution in [2.75, 3.05) is 39.9 Å². The van der Waals surface area contributed by atoms with E-state index in [1.54, 1.807) is 13.8 Å². The molecule has 7 heteroatoms. The lowest BCUT2D eigenvalue weighted by molar-refractivity contribution is -0.184. The molecular weight excluding hydrogens is 288 g/mol. The van der Waals surface area contributed by atoms with Crippen LogP contribution in [-0.2, 0) is 23.9 Å². The largest absolute Gasteiger partial charge is 0.465 e. The summed E-state index contributed by atoms with van der Waals surface area (Å²) in [6.07, 6.45) is 3.17. The molecule has 7 nitrogen and oxygen atoms in total. The molecule has 2 rings (SSSR count). The predicted octanol–water partition coefficient (Wildman–Crippen LogP) is -0.0183. The van der Waals surface area contributed by atoms with E-state index in [9.17, 15) is 14.4 Å². The fourth-order valence-electron chi connectivity index (χ4n) is 2.58. The molecule has 0 bridgehead atoms. The van der Waals surface area contributed by atoms with Crippen LogP contribution in [0, 0.1) is 5.41 Å². The molecule has 0 saturated carbocycles. The number of carbonyl (C=O) groups is 3. The maximum absolute atomic E-state index is 11.7. The Morgan fingerprint density at radius 1 is 1.23 bits per heavy atom. The van der Waals surface area contributed by atoms with Crippen LogP contribution in [0.4, 0.5) is 0 Å². The first-order valence-corrected chi connectivity index (χ1v) is 7.71. The van der Waals surface area contributed by atoms with Gasteiger partial charge in [0.25, 0.3) is 0 Å². The Hall–Kier alpha value is -1.47. The van der Waals surface area contributed by atoms with E-state index in [2.05, 4.69) is 5.32 Å². The van der Waals surface area contributed by atoms with E-state index in [0.29, 0.717) is 13.1 Å². The molecule has 0 aliphatic carbocycles. The van der Waals surface area contributed by atoms with Gasteiger partial charge >= 0.3 is 11.9 Å². The fourth-order valence-corrected chi connectivity index (χ4v) is 2.58.